The Morgan fingerprint density at radius 3 is 1.28 bits per heavy atom. The quantitative estimate of drug-likeness (QED) is 0.0408. The van der Waals surface area contributed by atoms with Gasteiger partial charge in [-0.3, -0.25) is 14.4 Å². The van der Waals surface area contributed by atoms with Crippen LogP contribution in [0, 0.1) is 0 Å². The molecular weight excluding hydrogens is 906 g/mol. The lowest BCUT2D eigenvalue weighted by Gasteiger charge is -2.32. The summed E-state index contributed by atoms with van der Waals surface area (Å²) in [7, 11) is -6.49. The smallest absolute Gasteiger partial charge is 0.485 e. The molecule has 1 aliphatic carbocycles. The zero-order chi connectivity index (χ0) is 47.1. The van der Waals surface area contributed by atoms with Crippen LogP contribution < -0.4 is 0 Å². The maximum absolute atomic E-state index is 12.6. The molecule has 0 saturated heterocycles. The number of Topliss-reactive ketones (excluding diaryl/α,β-unsaturated/α-hetero) is 3. The van der Waals surface area contributed by atoms with Crippen LogP contribution in [-0.2, 0) is 26.4 Å². The summed E-state index contributed by atoms with van der Waals surface area (Å²) in [5.41, 5.74) is 1.71. The predicted molar refractivity (Wildman–Crippen MR) is 254 cm³/mol. The Kier molecular flexibility index (Phi) is 16.1. The summed E-state index contributed by atoms with van der Waals surface area (Å²) in [5.74, 6) is 0.241. The third-order valence-corrected chi connectivity index (χ3v) is 16.1. The summed E-state index contributed by atoms with van der Waals surface area (Å²) in [6, 6.07) is 47.2. The molecule has 0 spiro atoms. The van der Waals surface area contributed by atoms with Crippen molar-refractivity contribution in [2.45, 2.75) is 118 Å². The van der Waals surface area contributed by atoms with Crippen LogP contribution in [0.15, 0.2) is 168 Å². The van der Waals surface area contributed by atoms with Gasteiger partial charge in [-0.1, -0.05) is 99.5 Å². The van der Waals surface area contributed by atoms with Crippen LogP contribution >= 0.6 is 23.5 Å². The van der Waals surface area contributed by atoms with Gasteiger partial charge in [-0.25, -0.2) is 8.42 Å². The Bertz CT molecular complexity index is 2660. The van der Waals surface area contributed by atoms with Crippen LogP contribution in [0.4, 0.5) is 13.2 Å². The highest BCUT2D eigenvalue weighted by molar-refractivity contribution is 7.99. The Hall–Kier alpha value is -4.92. The van der Waals surface area contributed by atoms with E-state index in [0.29, 0.717) is 0 Å². The van der Waals surface area contributed by atoms with E-state index in [9.17, 15) is 27.6 Å². The molecule has 0 atom stereocenters. The number of carbonyl (C=O) groups is 3. The third kappa shape index (κ3) is 11.7. The number of ketones is 3. The Morgan fingerprint density at radius 1 is 0.538 bits per heavy atom. The molecule has 7 rings (SSSR count). The second-order valence-electron chi connectivity index (χ2n) is 15.8. The third-order valence-electron chi connectivity index (χ3n) is 11.3. The minimum atomic E-state index is -6.09. The minimum Gasteiger partial charge on any atom is -0.741 e. The van der Waals surface area contributed by atoms with E-state index in [1.54, 1.807) is 44.3 Å². The molecule has 0 fully saturated rings. The van der Waals surface area contributed by atoms with Crippen molar-refractivity contribution in [2.24, 2.45) is 0 Å². The summed E-state index contributed by atoms with van der Waals surface area (Å²) in [6.45, 7) is 9.42. The molecular formula is C52H49F3O6S4. The lowest BCUT2D eigenvalue weighted by Crippen LogP contribution is -2.26. The van der Waals surface area contributed by atoms with Gasteiger partial charge in [0.2, 0.25) is 0 Å². The number of halogens is 3. The number of fused-ring (bicyclic) bond motifs is 3. The molecule has 0 bridgehead atoms. The molecule has 0 radical (unpaired) electrons. The summed E-state index contributed by atoms with van der Waals surface area (Å²) >= 11 is 3.40. The van der Waals surface area contributed by atoms with E-state index in [0.717, 1.165) is 74.8 Å². The summed E-state index contributed by atoms with van der Waals surface area (Å²) in [6.07, 6.45) is 6.70. The molecule has 338 valence electrons. The topological polar surface area (TPSA) is 108 Å². The van der Waals surface area contributed by atoms with Gasteiger partial charge in [-0.15, -0.1) is 0 Å². The molecule has 6 aromatic carbocycles. The molecule has 1 aliphatic rings. The largest absolute Gasteiger partial charge is 0.741 e. The van der Waals surface area contributed by atoms with Gasteiger partial charge in [0.15, 0.2) is 42.2 Å². The summed E-state index contributed by atoms with van der Waals surface area (Å²) < 4.78 is 58.9. The standard InChI is InChI=1S/C51H49O3S3.CHF3O3S/c1-6-8-30-51(31-9-7-2)49-29-14-39(36(5)54)32-48(49)47-28-27-46(33-50(47)51)57(44-23-19-42(20-24-44)55-40-15-10-37(11-16-40)34(3)52)45-25-21-43(22-26-45)56-41-17-12-38(13-18-41)35(4)53;2-1(3,4)8(5,6)7/h10-29,32-33H,6-9,30-31H2,1-5H3;(H,5,6,7)/q+1;/p-1. The van der Waals surface area contributed by atoms with E-state index in [1.165, 1.54) is 36.9 Å². The van der Waals surface area contributed by atoms with Gasteiger partial charge >= 0.3 is 5.51 Å². The average Bonchev–Trinajstić information content (AvgIpc) is 3.54. The van der Waals surface area contributed by atoms with Crippen molar-refractivity contribution in [2.75, 3.05) is 0 Å². The zero-order valence-corrected chi connectivity index (χ0v) is 39.9. The molecule has 0 saturated carbocycles. The van der Waals surface area contributed by atoms with Crippen molar-refractivity contribution in [1.29, 1.82) is 0 Å². The highest BCUT2D eigenvalue weighted by Gasteiger charge is 2.44. The molecule has 0 aromatic heterocycles. The van der Waals surface area contributed by atoms with Gasteiger partial charge in [0, 0.05) is 41.7 Å². The molecule has 0 N–H and O–H groups in total. The molecule has 13 heteroatoms. The van der Waals surface area contributed by atoms with E-state index in [2.05, 4.69) is 92.7 Å². The van der Waals surface area contributed by atoms with Crippen LogP contribution in [0.2, 0.25) is 0 Å². The fraction of sp³-hybridized carbons (Fsp3) is 0.250. The molecule has 0 heterocycles. The van der Waals surface area contributed by atoms with Gasteiger partial charge in [-0.2, -0.15) is 13.2 Å². The summed E-state index contributed by atoms with van der Waals surface area (Å²) in [5, 5.41) is 0. The number of unbranched alkanes of at least 4 members (excludes halogenated alkanes) is 2. The Labute approximate surface area is 391 Å². The molecule has 0 unspecified atom stereocenters. The molecule has 0 aliphatic heterocycles. The number of hydrogen-bond acceptors (Lipinski definition) is 8. The van der Waals surface area contributed by atoms with Gasteiger partial charge in [-0.05, 0) is 153 Å². The molecule has 0 amide bonds. The highest BCUT2D eigenvalue weighted by atomic mass is 32.2. The lowest BCUT2D eigenvalue weighted by molar-refractivity contribution is -0.0518. The summed E-state index contributed by atoms with van der Waals surface area (Å²) in [4.78, 5) is 44.5. The van der Waals surface area contributed by atoms with Crippen LogP contribution in [0.5, 0.6) is 0 Å². The van der Waals surface area contributed by atoms with E-state index < -0.39 is 26.5 Å². The van der Waals surface area contributed by atoms with Gasteiger partial charge in [0.1, 0.15) is 0 Å². The SMILES string of the molecule is CCCCC1(CCCC)c2ccc(C(C)=O)cc2-c2ccc([S+](c3ccc(Sc4ccc(C(C)=O)cc4)cc3)c3ccc(Sc4ccc(C(C)=O)cc4)cc3)cc21.O=S(=O)([O-])C(F)(F)F. The zero-order valence-electron chi connectivity index (χ0n) is 36.7. The number of hydrogen-bond donors (Lipinski definition) is 0. The van der Waals surface area contributed by atoms with Crippen molar-refractivity contribution in [3.8, 4) is 11.1 Å². The van der Waals surface area contributed by atoms with E-state index in [-0.39, 0.29) is 22.8 Å². The van der Waals surface area contributed by atoms with Crippen LogP contribution in [0.25, 0.3) is 11.1 Å². The predicted octanol–water partition coefficient (Wildman–Crippen LogP) is 14.4. The molecule has 65 heavy (non-hydrogen) atoms. The van der Waals surface area contributed by atoms with Crippen molar-refractivity contribution in [3.63, 3.8) is 0 Å². The van der Waals surface area contributed by atoms with Crippen molar-refractivity contribution in [1.82, 2.24) is 0 Å². The van der Waals surface area contributed by atoms with Gasteiger partial charge in [0.05, 0.1) is 10.9 Å². The maximum atomic E-state index is 12.6. The molecule has 6 aromatic rings. The first-order valence-corrected chi connectivity index (χ1v) is 25.5. The van der Waals surface area contributed by atoms with E-state index in [4.69, 9.17) is 13.0 Å². The van der Waals surface area contributed by atoms with Crippen LogP contribution in [-0.4, -0.2) is 35.8 Å². The average molecular weight is 955 g/mol. The van der Waals surface area contributed by atoms with Crippen LogP contribution in [0.1, 0.15) is 115 Å². The van der Waals surface area contributed by atoms with Gasteiger partial charge in [0.25, 0.3) is 0 Å². The van der Waals surface area contributed by atoms with Crippen molar-refractivity contribution >= 4 is 61.9 Å². The fourth-order valence-corrected chi connectivity index (χ4v) is 11.6. The first-order chi connectivity index (χ1) is 30.8. The Balaban J connectivity index is 0.000000800. The number of rotatable bonds is 16. The second kappa shape index (κ2) is 21.1. The monoisotopic (exact) mass is 954 g/mol. The minimum absolute atomic E-state index is 0.0714. The van der Waals surface area contributed by atoms with Crippen molar-refractivity contribution in [3.05, 3.63) is 161 Å². The maximum Gasteiger partial charge on any atom is 0.485 e. The first kappa shape index (κ1) is 49.5. The fourth-order valence-electron chi connectivity index (χ4n) is 7.93. The number of benzene rings is 6. The molecule has 6 nitrogen and oxygen atoms in total. The van der Waals surface area contributed by atoms with Crippen LogP contribution in [0.3, 0.4) is 0 Å². The number of alkyl halides is 3. The van der Waals surface area contributed by atoms with Gasteiger partial charge < -0.3 is 4.55 Å². The van der Waals surface area contributed by atoms with Crippen molar-refractivity contribution < 1.29 is 40.5 Å². The van der Waals surface area contributed by atoms with E-state index in [1.807, 2.05) is 54.6 Å². The second-order valence-corrected chi connectivity index (χ2v) is 21.5. The Morgan fingerprint density at radius 2 is 0.908 bits per heavy atom. The first-order valence-electron chi connectivity index (χ1n) is 21.2. The normalized spacial score (nSPS) is 12.8. The lowest BCUT2D eigenvalue weighted by atomic mass is 9.71. The highest BCUT2D eigenvalue weighted by Crippen LogP contribution is 2.55. The van der Waals surface area contributed by atoms with E-state index >= 15 is 0 Å². The number of carbonyl (C=O) groups excluding carboxylic acids is 3.